The Hall–Kier alpha value is -2.87. The zero-order valence-electron chi connectivity index (χ0n) is 15.4. The quantitative estimate of drug-likeness (QED) is 0.446. The Morgan fingerprint density at radius 1 is 1.07 bits per heavy atom. The molecule has 27 heavy (non-hydrogen) atoms. The van der Waals surface area contributed by atoms with Crippen LogP contribution in [-0.2, 0) is 19.6 Å². The molecule has 0 aliphatic carbocycles. The summed E-state index contributed by atoms with van der Waals surface area (Å²) in [5.41, 5.74) is 0.101. The van der Waals surface area contributed by atoms with Gasteiger partial charge in [0.15, 0.2) is 6.61 Å². The van der Waals surface area contributed by atoms with Gasteiger partial charge in [0.2, 0.25) is 0 Å². The van der Waals surface area contributed by atoms with E-state index in [1.807, 2.05) is 0 Å². The minimum Gasteiger partial charge on any atom is -0.482 e. The van der Waals surface area contributed by atoms with Crippen LogP contribution in [-0.4, -0.2) is 32.8 Å². The van der Waals surface area contributed by atoms with Crippen LogP contribution in [0, 0.1) is 0 Å². The van der Waals surface area contributed by atoms with Gasteiger partial charge in [-0.2, -0.15) is 13.5 Å². The average molecular weight is 390 g/mol. The lowest BCUT2D eigenvalue weighted by molar-refractivity contribution is -0.157. The predicted octanol–water partition coefficient (Wildman–Crippen LogP) is 2.72. The van der Waals surface area contributed by atoms with E-state index in [9.17, 15) is 13.2 Å². The Labute approximate surface area is 159 Å². The third-order valence-electron chi connectivity index (χ3n) is 3.10. The highest BCUT2D eigenvalue weighted by atomic mass is 32.2. The molecule has 0 fully saturated rings. The Morgan fingerprint density at radius 2 is 1.70 bits per heavy atom. The molecular weight excluding hydrogens is 368 g/mol. The largest absolute Gasteiger partial charge is 0.482 e. The van der Waals surface area contributed by atoms with E-state index in [0.717, 1.165) is 0 Å². The Balaban J connectivity index is 1.88. The van der Waals surface area contributed by atoms with Gasteiger partial charge < -0.3 is 9.47 Å². The highest BCUT2D eigenvalue weighted by Gasteiger charge is 2.16. The van der Waals surface area contributed by atoms with Gasteiger partial charge in [-0.3, -0.25) is 0 Å². The number of rotatable bonds is 7. The number of nitrogens with zero attached hydrogens (tertiary/aromatic N) is 1. The summed E-state index contributed by atoms with van der Waals surface area (Å²) in [6.45, 7) is 5.16. The van der Waals surface area contributed by atoms with Crippen LogP contribution >= 0.6 is 0 Å². The van der Waals surface area contributed by atoms with E-state index >= 15 is 0 Å². The lowest BCUT2D eigenvalue weighted by atomic mass is 10.2. The molecule has 7 nitrogen and oxygen atoms in total. The maximum absolute atomic E-state index is 12.0. The van der Waals surface area contributed by atoms with E-state index in [1.54, 1.807) is 63.2 Å². The molecule has 0 bridgehead atoms. The fourth-order valence-electron chi connectivity index (χ4n) is 1.99. The van der Waals surface area contributed by atoms with E-state index in [2.05, 4.69) is 9.93 Å². The molecule has 0 aromatic heterocycles. The van der Waals surface area contributed by atoms with Crippen molar-refractivity contribution in [2.24, 2.45) is 5.10 Å². The van der Waals surface area contributed by atoms with E-state index in [4.69, 9.17) is 9.47 Å². The number of carbonyl (C=O) groups excluding carboxylic acids is 1. The SMILES string of the molecule is CC(C)(C)OC(=O)COc1ccc(C=NNS(=O)(=O)c2ccccc2)cc1. The molecular formula is C19H22N2O5S. The minimum absolute atomic E-state index is 0.132. The van der Waals surface area contributed by atoms with Gasteiger partial charge in [-0.15, -0.1) is 0 Å². The topological polar surface area (TPSA) is 94.1 Å². The number of ether oxygens (including phenoxy) is 2. The van der Waals surface area contributed by atoms with Crippen LogP contribution in [0.2, 0.25) is 0 Å². The fourth-order valence-corrected chi connectivity index (χ4v) is 2.80. The van der Waals surface area contributed by atoms with Crippen molar-refractivity contribution >= 4 is 22.2 Å². The third-order valence-corrected chi connectivity index (χ3v) is 4.34. The van der Waals surface area contributed by atoms with Crippen molar-refractivity contribution in [1.82, 2.24) is 4.83 Å². The summed E-state index contributed by atoms with van der Waals surface area (Å²) in [6.07, 6.45) is 1.37. The van der Waals surface area contributed by atoms with E-state index in [1.165, 1.54) is 18.3 Å². The molecule has 0 aliphatic rings. The number of hydrogen-bond donors (Lipinski definition) is 1. The minimum atomic E-state index is -3.70. The normalized spacial score (nSPS) is 12.0. The molecule has 2 aromatic carbocycles. The second kappa shape index (κ2) is 8.68. The molecule has 0 saturated heterocycles. The maximum Gasteiger partial charge on any atom is 0.344 e. The van der Waals surface area contributed by atoms with E-state index in [-0.39, 0.29) is 11.5 Å². The van der Waals surface area contributed by atoms with Crippen LogP contribution in [0.3, 0.4) is 0 Å². The van der Waals surface area contributed by atoms with Gasteiger partial charge in [0.1, 0.15) is 11.4 Å². The van der Waals surface area contributed by atoms with Gasteiger partial charge in [0, 0.05) is 0 Å². The average Bonchev–Trinajstić information content (AvgIpc) is 2.60. The summed E-state index contributed by atoms with van der Waals surface area (Å²) in [6, 6.07) is 14.6. The molecule has 0 spiro atoms. The summed E-state index contributed by atoms with van der Waals surface area (Å²) in [5, 5.41) is 3.76. The molecule has 0 unspecified atom stereocenters. The molecule has 0 aliphatic heterocycles. The zero-order chi connectivity index (χ0) is 19.9. The van der Waals surface area contributed by atoms with Gasteiger partial charge in [-0.05, 0) is 62.7 Å². The molecule has 0 atom stereocenters. The smallest absolute Gasteiger partial charge is 0.344 e. The van der Waals surface area contributed by atoms with Gasteiger partial charge in [0.25, 0.3) is 10.0 Å². The molecule has 0 saturated carbocycles. The van der Waals surface area contributed by atoms with Gasteiger partial charge >= 0.3 is 5.97 Å². The van der Waals surface area contributed by atoms with Crippen LogP contribution in [0.5, 0.6) is 5.75 Å². The lowest BCUT2D eigenvalue weighted by Gasteiger charge is -2.19. The maximum atomic E-state index is 12.0. The van der Waals surface area contributed by atoms with Crippen LogP contribution in [0.15, 0.2) is 64.6 Å². The number of hydrazone groups is 1. The second-order valence-corrected chi connectivity index (χ2v) is 8.27. The molecule has 0 amide bonds. The first-order valence-corrected chi connectivity index (χ1v) is 9.69. The summed E-state index contributed by atoms with van der Waals surface area (Å²) in [4.78, 5) is 13.9. The first kappa shape index (κ1) is 20.4. The Morgan fingerprint density at radius 3 is 2.30 bits per heavy atom. The highest BCUT2D eigenvalue weighted by Crippen LogP contribution is 2.13. The van der Waals surface area contributed by atoms with Crippen LogP contribution in [0.1, 0.15) is 26.3 Å². The van der Waals surface area contributed by atoms with Gasteiger partial charge in [0.05, 0.1) is 11.1 Å². The summed E-state index contributed by atoms with van der Waals surface area (Å²) in [7, 11) is -3.70. The fraction of sp³-hybridized carbons (Fsp3) is 0.263. The van der Waals surface area contributed by atoms with Crippen molar-refractivity contribution in [3.63, 3.8) is 0 Å². The lowest BCUT2D eigenvalue weighted by Crippen LogP contribution is -2.27. The van der Waals surface area contributed by atoms with Crippen molar-refractivity contribution in [1.29, 1.82) is 0 Å². The molecule has 1 N–H and O–H groups in total. The van der Waals surface area contributed by atoms with E-state index in [0.29, 0.717) is 11.3 Å². The number of carbonyl (C=O) groups is 1. The van der Waals surface area contributed by atoms with E-state index < -0.39 is 21.6 Å². The number of hydrogen-bond acceptors (Lipinski definition) is 6. The van der Waals surface area contributed by atoms with Gasteiger partial charge in [-0.25, -0.2) is 9.63 Å². The number of benzene rings is 2. The molecule has 0 radical (unpaired) electrons. The molecule has 2 aromatic rings. The van der Waals surface area contributed by atoms with Gasteiger partial charge in [-0.1, -0.05) is 18.2 Å². The van der Waals surface area contributed by atoms with Crippen LogP contribution < -0.4 is 9.57 Å². The zero-order valence-corrected chi connectivity index (χ0v) is 16.2. The van der Waals surface area contributed by atoms with Crippen molar-refractivity contribution in [3.8, 4) is 5.75 Å². The molecule has 0 heterocycles. The molecule has 144 valence electrons. The molecule has 8 heteroatoms. The number of sulfonamides is 1. The van der Waals surface area contributed by atoms with Crippen LogP contribution in [0.25, 0.3) is 0 Å². The summed E-state index contributed by atoms with van der Waals surface area (Å²) < 4.78 is 34.6. The monoisotopic (exact) mass is 390 g/mol. The van der Waals surface area contributed by atoms with Crippen molar-refractivity contribution in [2.75, 3.05) is 6.61 Å². The summed E-state index contributed by atoms with van der Waals surface area (Å²) >= 11 is 0. The number of nitrogens with one attached hydrogen (secondary N) is 1. The summed E-state index contributed by atoms with van der Waals surface area (Å²) in [5.74, 6) is 0.0336. The Bertz CT molecular complexity index is 886. The Kier molecular flexibility index (Phi) is 6.57. The standard InChI is InChI=1S/C19H22N2O5S/c1-19(2,3)26-18(22)14-25-16-11-9-15(10-12-16)13-20-21-27(23,24)17-7-5-4-6-8-17/h4-13,21H,14H2,1-3H3. The van der Waals surface area contributed by atoms with Crippen molar-refractivity contribution in [2.45, 2.75) is 31.3 Å². The number of esters is 1. The van der Waals surface area contributed by atoms with Crippen molar-refractivity contribution in [3.05, 3.63) is 60.2 Å². The second-order valence-electron chi connectivity index (χ2n) is 6.61. The third kappa shape index (κ3) is 7.10. The highest BCUT2D eigenvalue weighted by molar-refractivity contribution is 7.89. The van der Waals surface area contributed by atoms with Crippen LogP contribution in [0.4, 0.5) is 0 Å². The molecule has 2 rings (SSSR count). The predicted molar refractivity (Wildman–Crippen MR) is 102 cm³/mol. The first-order valence-electron chi connectivity index (χ1n) is 8.20. The van der Waals surface area contributed by atoms with Crippen molar-refractivity contribution < 1.29 is 22.7 Å². The first-order chi connectivity index (χ1) is 12.7.